The minimum absolute atomic E-state index is 0.111. The maximum absolute atomic E-state index is 12.0. The van der Waals surface area contributed by atoms with E-state index in [4.69, 9.17) is 0 Å². The number of para-hydroxylation sites is 1. The summed E-state index contributed by atoms with van der Waals surface area (Å²) < 4.78 is 0. The zero-order valence-electron chi connectivity index (χ0n) is 13.2. The van der Waals surface area contributed by atoms with Crippen LogP contribution in [0.5, 0.6) is 0 Å². The topological polar surface area (TPSA) is 45.2 Å². The Morgan fingerprint density at radius 1 is 1.27 bits per heavy atom. The quantitative estimate of drug-likeness (QED) is 0.945. The average molecular weight is 295 g/mol. The summed E-state index contributed by atoms with van der Waals surface area (Å²) in [6, 6.07) is 12.7. The second kappa shape index (κ2) is 5.79. The fourth-order valence-corrected chi connectivity index (χ4v) is 2.96. The molecule has 2 heterocycles. The molecule has 1 N–H and O–H groups in total. The van der Waals surface area contributed by atoms with Gasteiger partial charge in [0.15, 0.2) is 0 Å². The highest BCUT2D eigenvalue weighted by Gasteiger charge is 2.27. The van der Waals surface area contributed by atoms with Gasteiger partial charge in [-0.2, -0.15) is 0 Å². The van der Waals surface area contributed by atoms with Crippen LogP contribution in [0.25, 0.3) is 0 Å². The Labute approximate surface area is 131 Å². The first-order valence-electron chi connectivity index (χ1n) is 7.70. The van der Waals surface area contributed by atoms with E-state index in [0.717, 1.165) is 12.1 Å². The second-order valence-corrected chi connectivity index (χ2v) is 6.08. The van der Waals surface area contributed by atoms with Crippen LogP contribution in [0, 0.1) is 0 Å². The summed E-state index contributed by atoms with van der Waals surface area (Å²) in [4.78, 5) is 18.6. The lowest BCUT2D eigenvalue weighted by Gasteiger charge is -2.24. The number of benzene rings is 1. The van der Waals surface area contributed by atoms with Crippen LogP contribution >= 0.6 is 0 Å². The van der Waals surface area contributed by atoms with Gasteiger partial charge >= 0.3 is 0 Å². The van der Waals surface area contributed by atoms with Crippen LogP contribution in [0.3, 0.4) is 0 Å². The van der Waals surface area contributed by atoms with E-state index in [1.807, 2.05) is 19.9 Å². The fourth-order valence-electron chi connectivity index (χ4n) is 2.96. The van der Waals surface area contributed by atoms with Crippen molar-refractivity contribution in [3.8, 4) is 0 Å². The van der Waals surface area contributed by atoms with Gasteiger partial charge in [0.1, 0.15) is 5.69 Å². The Morgan fingerprint density at radius 3 is 2.73 bits per heavy atom. The van der Waals surface area contributed by atoms with Crippen LogP contribution in [-0.2, 0) is 6.42 Å². The molecular weight excluding hydrogens is 274 g/mol. The summed E-state index contributed by atoms with van der Waals surface area (Å²) in [5.41, 5.74) is 4.07. The number of nitrogens with one attached hydrogen (secondary N) is 1. The molecule has 4 heteroatoms. The van der Waals surface area contributed by atoms with E-state index in [-0.39, 0.29) is 11.9 Å². The maximum Gasteiger partial charge on any atom is 0.270 e. The van der Waals surface area contributed by atoms with E-state index in [1.54, 1.807) is 12.3 Å². The van der Waals surface area contributed by atoms with Gasteiger partial charge in [0.05, 0.1) is 11.9 Å². The maximum atomic E-state index is 12.0. The van der Waals surface area contributed by atoms with Crippen molar-refractivity contribution in [1.29, 1.82) is 0 Å². The summed E-state index contributed by atoms with van der Waals surface area (Å²) in [7, 11) is 0. The van der Waals surface area contributed by atoms with Crippen LogP contribution in [0.4, 0.5) is 11.4 Å². The standard InChI is InChI=1S/C18H21N3O/c1-12(2)20-18(22)16-9-8-15(11-19-16)21-13(3)10-14-6-4-5-7-17(14)21/h4-9,11-13H,10H2,1-3H3,(H,20,22). The number of hydrogen-bond donors (Lipinski definition) is 1. The van der Waals surface area contributed by atoms with Gasteiger partial charge in [-0.3, -0.25) is 4.79 Å². The van der Waals surface area contributed by atoms with E-state index in [2.05, 4.69) is 46.4 Å². The lowest BCUT2D eigenvalue weighted by molar-refractivity contribution is 0.0938. The van der Waals surface area contributed by atoms with Crippen molar-refractivity contribution in [3.05, 3.63) is 53.9 Å². The van der Waals surface area contributed by atoms with Crippen molar-refractivity contribution >= 4 is 17.3 Å². The molecule has 1 aliphatic rings. The number of hydrogen-bond acceptors (Lipinski definition) is 3. The van der Waals surface area contributed by atoms with E-state index in [0.29, 0.717) is 11.7 Å². The highest BCUT2D eigenvalue weighted by molar-refractivity contribution is 5.92. The van der Waals surface area contributed by atoms with Crippen molar-refractivity contribution in [2.75, 3.05) is 4.90 Å². The van der Waals surface area contributed by atoms with Crippen molar-refractivity contribution in [1.82, 2.24) is 10.3 Å². The molecule has 0 saturated heterocycles. The van der Waals surface area contributed by atoms with Crippen LogP contribution in [0.1, 0.15) is 36.8 Å². The van der Waals surface area contributed by atoms with Crippen molar-refractivity contribution in [2.45, 2.75) is 39.3 Å². The monoisotopic (exact) mass is 295 g/mol. The fraction of sp³-hybridized carbons (Fsp3) is 0.333. The normalized spacial score (nSPS) is 16.7. The lowest BCUT2D eigenvalue weighted by Crippen LogP contribution is -2.31. The van der Waals surface area contributed by atoms with Gasteiger partial charge < -0.3 is 10.2 Å². The van der Waals surface area contributed by atoms with Gasteiger partial charge in [0.2, 0.25) is 0 Å². The van der Waals surface area contributed by atoms with Crippen molar-refractivity contribution in [2.24, 2.45) is 0 Å². The van der Waals surface area contributed by atoms with Gasteiger partial charge in [0, 0.05) is 17.8 Å². The Hall–Kier alpha value is -2.36. The van der Waals surface area contributed by atoms with Gasteiger partial charge in [-0.25, -0.2) is 4.98 Å². The highest BCUT2D eigenvalue weighted by atomic mass is 16.1. The van der Waals surface area contributed by atoms with Gasteiger partial charge in [-0.15, -0.1) is 0 Å². The van der Waals surface area contributed by atoms with E-state index in [9.17, 15) is 4.79 Å². The first-order chi connectivity index (χ1) is 10.6. The Bertz CT molecular complexity index is 679. The summed E-state index contributed by atoms with van der Waals surface area (Å²) in [6.07, 6.45) is 2.82. The minimum Gasteiger partial charge on any atom is -0.349 e. The first kappa shape index (κ1) is 14.6. The molecule has 3 rings (SSSR count). The summed E-state index contributed by atoms with van der Waals surface area (Å²) >= 11 is 0. The Kier molecular flexibility index (Phi) is 3.84. The van der Waals surface area contributed by atoms with Crippen LogP contribution in [0.2, 0.25) is 0 Å². The molecule has 1 aromatic carbocycles. The van der Waals surface area contributed by atoms with Crippen LogP contribution in [0.15, 0.2) is 42.6 Å². The Balaban J connectivity index is 1.86. The van der Waals surface area contributed by atoms with Crippen LogP contribution in [-0.4, -0.2) is 23.0 Å². The summed E-state index contributed by atoms with van der Waals surface area (Å²) in [5.74, 6) is -0.128. The third kappa shape index (κ3) is 2.69. The molecule has 1 aromatic heterocycles. The zero-order valence-corrected chi connectivity index (χ0v) is 13.2. The molecule has 2 aromatic rings. The van der Waals surface area contributed by atoms with Crippen molar-refractivity contribution < 1.29 is 4.79 Å². The predicted molar refractivity (Wildman–Crippen MR) is 88.6 cm³/mol. The third-order valence-electron chi connectivity index (χ3n) is 3.89. The predicted octanol–water partition coefficient (Wildman–Crippen LogP) is 3.30. The molecule has 1 aliphatic heterocycles. The number of rotatable bonds is 3. The lowest BCUT2D eigenvalue weighted by atomic mass is 10.1. The largest absolute Gasteiger partial charge is 0.349 e. The molecule has 0 fully saturated rings. The SMILES string of the molecule is CC(C)NC(=O)c1ccc(N2c3ccccc3CC2C)cn1. The van der Waals surface area contributed by atoms with Gasteiger partial charge in [0.25, 0.3) is 5.91 Å². The number of aromatic nitrogens is 1. The Morgan fingerprint density at radius 2 is 2.05 bits per heavy atom. The minimum atomic E-state index is -0.128. The highest BCUT2D eigenvalue weighted by Crippen LogP contribution is 2.37. The molecule has 22 heavy (non-hydrogen) atoms. The molecule has 1 atom stereocenters. The number of anilines is 2. The molecule has 114 valence electrons. The average Bonchev–Trinajstić information content (AvgIpc) is 2.82. The molecule has 1 unspecified atom stereocenters. The number of amides is 1. The number of fused-ring (bicyclic) bond motifs is 1. The second-order valence-electron chi connectivity index (χ2n) is 6.08. The third-order valence-corrected chi connectivity index (χ3v) is 3.89. The van der Waals surface area contributed by atoms with Crippen molar-refractivity contribution in [3.63, 3.8) is 0 Å². The summed E-state index contributed by atoms with van der Waals surface area (Å²) in [6.45, 7) is 6.09. The van der Waals surface area contributed by atoms with E-state index >= 15 is 0 Å². The molecule has 0 bridgehead atoms. The molecular formula is C18H21N3O. The molecule has 1 amide bonds. The molecule has 4 nitrogen and oxygen atoms in total. The van der Waals surface area contributed by atoms with E-state index < -0.39 is 0 Å². The number of pyridine rings is 1. The number of nitrogens with zero attached hydrogens (tertiary/aromatic N) is 2. The number of carbonyl (C=O) groups excluding carboxylic acids is 1. The van der Waals surface area contributed by atoms with Gasteiger partial charge in [-0.05, 0) is 51.0 Å². The number of carbonyl (C=O) groups is 1. The smallest absolute Gasteiger partial charge is 0.270 e. The summed E-state index contributed by atoms with van der Waals surface area (Å²) in [5, 5.41) is 2.86. The van der Waals surface area contributed by atoms with Crippen LogP contribution < -0.4 is 10.2 Å². The zero-order chi connectivity index (χ0) is 15.7. The first-order valence-corrected chi connectivity index (χ1v) is 7.70. The molecule has 0 spiro atoms. The molecule has 0 aliphatic carbocycles. The van der Waals surface area contributed by atoms with Gasteiger partial charge in [-0.1, -0.05) is 18.2 Å². The molecule has 0 saturated carbocycles. The molecule has 0 radical (unpaired) electrons. The van der Waals surface area contributed by atoms with E-state index in [1.165, 1.54) is 11.3 Å².